The van der Waals surface area contributed by atoms with E-state index in [2.05, 4.69) is 9.82 Å². The molecule has 0 aliphatic heterocycles. The number of carbonyl (C=O) groups is 1. The van der Waals surface area contributed by atoms with E-state index in [1.54, 1.807) is 0 Å². The molecular formula is C11H12N2O2. The number of para-hydroxylation sites is 1. The first-order valence-electron chi connectivity index (χ1n) is 4.76. The molecule has 0 atom stereocenters. The minimum absolute atomic E-state index is 0.304. The maximum atomic E-state index is 10.9. The van der Waals surface area contributed by atoms with Crippen molar-refractivity contribution in [3.63, 3.8) is 0 Å². The van der Waals surface area contributed by atoms with Crippen LogP contribution >= 0.6 is 0 Å². The molecule has 4 nitrogen and oxygen atoms in total. The lowest BCUT2D eigenvalue weighted by atomic mass is 10.1. The van der Waals surface area contributed by atoms with Crippen LogP contribution < -0.4 is 5.90 Å². The number of nitrogens with one attached hydrogen (secondary N) is 1. The zero-order valence-electron chi connectivity index (χ0n) is 8.19. The molecule has 0 fully saturated rings. The minimum atomic E-state index is -0.389. The van der Waals surface area contributed by atoms with Crippen molar-refractivity contribution < 1.29 is 9.63 Å². The summed E-state index contributed by atoms with van der Waals surface area (Å²) in [5.74, 6) is 4.38. The number of carbonyl (C=O) groups excluding carboxylic acids is 1. The number of nitrogens with two attached hydrogens (primary N) is 1. The van der Waals surface area contributed by atoms with Crippen molar-refractivity contribution in [2.45, 2.75) is 12.8 Å². The van der Waals surface area contributed by atoms with Gasteiger partial charge in [0.1, 0.15) is 0 Å². The first-order valence-corrected chi connectivity index (χ1v) is 4.76. The Morgan fingerprint density at radius 2 is 2.20 bits per heavy atom. The molecule has 1 aromatic heterocycles. The molecule has 2 aromatic rings. The summed E-state index contributed by atoms with van der Waals surface area (Å²) in [4.78, 5) is 18.1. The Kier molecular flexibility index (Phi) is 2.69. The molecule has 0 spiro atoms. The maximum Gasteiger partial charge on any atom is 0.324 e. The van der Waals surface area contributed by atoms with Crippen molar-refractivity contribution in [1.82, 2.24) is 4.98 Å². The summed E-state index contributed by atoms with van der Waals surface area (Å²) in [7, 11) is 0. The molecule has 0 amide bonds. The number of aryl methyl sites for hydroxylation is 1. The van der Waals surface area contributed by atoms with Gasteiger partial charge in [-0.1, -0.05) is 18.2 Å². The summed E-state index contributed by atoms with van der Waals surface area (Å²) in [6.45, 7) is 0. The van der Waals surface area contributed by atoms with Crippen molar-refractivity contribution in [3.05, 3.63) is 36.0 Å². The Balaban J connectivity index is 2.18. The Labute approximate surface area is 87.0 Å². The fourth-order valence-electron chi connectivity index (χ4n) is 1.63. The van der Waals surface area contributed by atoms with Crippen LogP contribution in [0.15, 0.2) is 30.5 Å². The quantitative estimate of drug-likeness (QED) is 0.745. The molecule has 4 heteroatoms. The lowest BCUT2D eigenvalue weighted by Crippen LogP contribution is -2.10. The van der Waals surface area contributed by atoms with Gasteiger partial charge in [-0.2, -0.15) is 5.90 Å². The largest absolute Gasteiger partial charge is 0.373 e. The van der Waals surface area contributed by atoms with Crippen molar-refractivity contribution in [2.24, 2.45) is 5.90 Å². The van der Waals surface area contributed by atoms with Gasteiger partial charge in [-0.05, 0) is 18.1 Å². The molecule has 0 aliphatic carbocycles. The molecule has 0 saturated heterocycles. The van der Waals surface area contributed by atoms with Crippen molar-refractivity contribution in [3.8, 4) is 0 Å². The van der Waals surface area contributed by atoms with E-state index in [0.29, 0.717) is 12.8 Å². The Morgan fingerprint density at radius 1 is 1.40 bits per heavy atom. The fourth-order valence-corrected chi connectivity index (χ4v) is 1.63. The third kappa shape index (κ3) is 1.99. The molecule has 0 saturated carbocycles. The van der Waals surface area contributed by atoms with Gasteiger partial charge in [0.25, 0.3) is 0 Å². The highest BCUT2D eigenvalue weighted by Crippen LogP contribution is 2.18. The van der Waals surface area contributed by atoms with E-state index in [9.17, 15) is 4.79 Å². The second kappa shape index (κ2) is 4.14. The molecule has 1 heterocycles. The Bertz CT molecular complexity index is 476. The number of rotatable bonds is 3. The number of aromatic nitrogens is 1. The molecule has 15 heavy (non-hydrogen) atoms. The number of aromatic amines is 1. The van der Waals surface area contributed by atoms with Crippen LogP contribution in [-0.2, 0) is 16.1 Å². The van der Waals surface area contributed by atoms with Gasteiger partial charge in [-0.3, -0.25) is 4.79 Å². The van der Waals surface area contributed by atoms with Gasteiger partial charge in [0, 0.05) is 17.1 Å². The third-order valence-corrected chi connectivity index (χ3v) is 2.40. The van der Waals surface area contributed by atoms with E-state index in [4.69, 9.17) is 5.90 Å². The Morgan fingerprint density at radius 3 is 3.00 bits per heavy atom. The molecule has 1 aromatic carbocycles. The molecular weight excluding hydrogens is 192 g/mol. The standard InChI is InChI=1S/C11H12N2O2/c12-15-11(14)6-5-8-7-13-10-4-2-1-3-9(8)10/h1-4,7,13H,5-6,12H2. The van der Waals surface area contributed by atoms with Crippen molar-refractivity contribution >= 4 is 16.9 Å². The van der Waals surface area contributed by atoms with Crippen molar-refractivity contribution in [2.75, 3.05) is 0 Å². The summed E-state index contributed by atoms with van der Waals surface area (Å²) < 4.78 is 0. The second-order valence-corrected chi connectivity index (χ2v) is 3.35. The van der Waals surface area contributed by atoms with Crippen LogP contribution in [-0.4, -0.2) is 11.0 Å². The number of benzene rings is 1. The first kappa shape index (κ1) is 9.73. The maximum absolute atomic E-state index is 10.9. The topological polar surface area (TPSA) is 68.1 Å². The highest BCUT2D eigenvalue weighted by molar-refractivity contribution is 5.83. The van der Waals surface area contributed by atoms with Crippen LogP contribution in [0.25, 0.3) is 10.9 Å². The number of hydrogen-bond donors (Lipinski definition) is 2. The van der Waals surface area contributed by atoms with E-state index in [-0.39, 0.29) is 5.97 Å². The monoisotopic (exact) mass is 204 g/mol. The zero-order valence-corrected chi connectivity index (χ0v) is 8.19. The van der Waals surface area contributed by atoms with Gasteiger partial charge >= 0.3 is 5.97 Å². The molecule has 0 radical (unpaired) electrons. The SMILES string of the molecule is NOC(=O)CCc1c[nH]c2ccccc12. The van der Waals surface area contributed by atoms with Gasteiger partial charge in [-0.15, -0.1) is 0 Å². The normalized spacial score (nSPS) is 10.5. The third-order valence-electron chi connectivity index (χ3n) is 2.40. The average molecular weight is 204 g/mol. The lowest BCUT2D eigenvalue weighted by Gasteiger charge is -1.97. The van der Waals surface area contributed by atoms with Crippen molar-refractivity contribution in [1.29, 1.82) is 0 Å². The van der Waals surface area contributed by atoms with Gasteiger partial charge in [0.2, 0.25) is 0 Å². The second-order valence-electron chi connectivity index (χ2n) is 3.35. The average Bonchev–Trinajstić information content (AvgIpc) is 2.69. The molecule has 2 rings (SSSR count). The highest BCUT2D eigenvalue weighted by atomic mass is 16.7. The first-order chi connectivity index (χ1) is 7.31. The van der Waals surface area contributed by atoms with Crippen LogP contribution in [0.2, 0.25) is 0 Å². The molecule has 0 unspecified atom stereocenters. The van der Waals surface area contributed by atoms with E-state index >= 15 is 0 Å². The summed E-state index contributed by atoms with van der Waals surface area (Å²) in [5.41, 5.74) is 2.18. The Hall–Kier alpha value is -1.81. The summed E-state index contributed by atoms with van der Waals surface area (Å²) >= 11 is 0. The predicted octanol–water partition coefficient (Wildman–Crippen LogP) is 1.52. The molecule has 3 N–H and O–H groups in total. The fraction of sp³-hybridized carbons (Fsp3) is 0.182. The molecule has 78 valence electrons. The predicted molar refractivity (Wildman–Crippen MR) is 56.9 cm³/mol. The van der Waals surface area contributed by atoms with Gasteiger partial charge < -0.3 is 9.82 Å². The summed E-state index contributed by atoms with van der Waals surface area (Å²) in [5, 5.41) is 1.14. The van der Waals surface area contributed by atoms with Crippen LogP contribution in [0, 0.1) is 0 Å². The smallest absolute Gasteiger partial charge is 0.324 e. The van der Waals surface area contributed by atoms with E-state index in [1.807, 2.05) is 30.5 Å². The van der Waals surface area contributed by atoms with E-state index in [0.717, 1.165) is 16.5 Å². The molecule has 0 aliphatic rings. The van der Waals surface area contributed by atoms with Gasteiger partial charge in [0.05, 0.1) is 6.42 Å². The van der Waals surface area contributed by atoms with E-state index < -0.39 is 0 Å². The summed E-state index contributed by atoms with van der Waals surface area (Å²) in [6.07, 6.45) is 2.85. The van der Waals surface area contributed by atoms with Crippen LogP contribution in [0.3, 0.4) is 0 Å². The highest BCUT2D eigenvalue weighted by Gasteiger charge is 2.06. The van der Waals surface area contributed by atoms with Crippen LogP contribution in [0.5, 0.6) is 0 Å². The van der Waals surface area contributed by atoms with Crippen LogP contribution in [0.1, 0.15) is 12.0 Å². The van der Waals surface area contributed by atoms with E-state index in [1.165, 1.54) is 0 Å². The number of fused-ring (bicyclic) bond motifs is 1. The van der Waals surface area contributed by atoms with Gasteiger partial charge in [0.15, 0.2) is 0 Å². The van der Waals surface area contributed by atoms with Crippen LogP contribution in [0.4, 0.5) is 0 Å². The minimum Gasteiger partial charge on any atom is -0.373 e. The number of H-pyrrole nitrogens is 1. The lowest BCUT2D eigenvalue weighted by molar-refractivity contribution is -0.144. The zero-order chi connectivity index (χ0) is 10.7. The number of hydrogen-bond acceptors (Lipinski definition) is 3. The van der Waals surface area contributed by atoms with Gasteiger partial charge in [-0.25, -0.2) is 0 Å². The summed E-state index contributed by atoms with van der Waals surface area (Å²) in [6, 6.07) is 7.96. The molecule has 0 bridgehead atoms.